The summed E-state index contributed by atoms with van der Waals surface area (Å²) in [6.45, 7) is 6.39. The van der Waals surface area contributed by atoms with Crippen molar-refractivity contribution in [2.24, 2.45) is 11.7 Å². The van der Waals surface area contributed by atoms with Crippen molar-refractivity contribution in [3.05, 3.63) is 21.4 Å². The van der Waals surface area contributed by atoms with Gasteiger partial charge in [-0.15, -0.1) is 11.3 Å². The topological polar surface area (TPSA) is 55.1 Å². The molecule has 16 heavy (non-hydrogen) atoms. The summed E-state index contributed by atoms with van der Waals surface area (Å²) in [7, 11) is 0. The highest BCUT2D eigenvalue weighted by molar-refractivity contribution is 7.80. The van der Waals surface area contributed by atoms with Crippen LogP contribution < -0.4 is 11.1 Å². The molecule has 5 heteroatoms. The molecule has 1 aromatic rings. The van der Waals surface area contributed by atoms with Gasteiger partial charge in [-0.3, -0.25) is 4.79 Å². The molecule has 0 aliphatic heterocycles. The summed E-state index contributed by atoms with van der Waals surface area (Å²) in [6.07, 6.45) is 0. The summed E-state index contributed by atoms with van der Waals surface area (Å²) in [5, 5.41) is 2.82. The fourth-order valence-electron chi connectivity index (χ4n) is 1.19. The number of thiophene rings is 1. The summed E-state index contributed by atoms with van der Waals surface area (Å²) in [6, 6.07) is 2.09. The second-order valence-corrected chi connectivity index (χ2v) is 5.61. The second kappa shape index (κ2) is 5.41. The van der Waals surface area contributed by atoms with Crippen LogP contribution >= 0.6 is 23.6 Å². The van der Waals surface area contributed by atoms with Crippen LogP contribution in [0.5, 0.6) is 0 Å². The molecule has 0 saturated carbocycles. The quantitative estimate of drug-likeness (QED) is 0.809. The van der Waals surface area contributed by atoms with E-state index in [1.807, 2.05) is 0 Å². The first-order chi connectivity index (χ1) is 7.41. The Balaban J connectivity index is 2.52. The maximum Gasteiger partial charge on any atom is 0.229 e. The first-order valence-corrected chi connectivity index (χ1v) is 6.27. The van der Waals surface area contributed by atoms with E-state index in [1.54, 1.807) is 18.3 Å². The van der Waals surface area contributed by atoms with E-state index in [0.717, 1.165) is 4.88 Å². The van der Waals surface area contributed by atoms with Gasteiger partial charge < -0.3 is 11.1 Å². The molecule has 1 amide bonds. The van der Waals surface area contributed by atoms with E-state index >= 15 is 0 Å². The molecule has 0 radical (unpaired) electrons. The molecule has 0 aromatic carbocycles. The number of thiocarbonyl (C=S) groups is 1. The lowest BCUT2D eigenvalue weighted by Gasteiger charge is -2.09. The summed E-state index contributed by atoms with van der Waals surface area (Å²) >= 11 is 6.47. The van der Waals surface area contributed by atoms with Crippen LogP contribution in [0.2, 0.25) is 0 Å². The van der Waals surface area contributed by atoms with Crippen LogP contribution in [0.3, 0.4) is 0 Å². The molecule has 1 unspecified atom stereocenters. The van der Waals surface area contributed by atoms with Gasteiger partial charge >= 0.3 is 0 Å². The zero-order valence-electron chi connectivity index (χ0n) is 9.66. The van der Waals surface area contributed by atoms with Gasteiger partial charge in [0.05, 0.1) is 17.5 Å². The van der Waals surface area contributed by atoms with Crippen molar-refractivity contribution in [2.75, 3.05) is 0 Å². The van der Waals surface area contributed by atoms with Gasteiger partial charge in [-0.2, -0.15) is 0 Å². The standard InChI is InChI=1S/C11H16N2OS2/c1-6-4-9(16-8(6)3)5-13-11(14)7(2)10(12)15/h4,7H,5H2,1-3H3,(H2,12,15)(H,13,14). The van der Waals surface area contributed by atoms with Crippen molar-refractivity contribution in [1.82, 2.24) is 5.32 Å². The minimum Gasteiger partial charge on any atom is -0.393 e. The number of hydrogen-bond donors (Lipinski definition) is 2. The Morgan fingerprint density at radius 2 is 2.25 bits per heavy atom. The van der Waals surface area contributed by atoms with Crippen molar-refractivity contribution in [3.63, 3.8) is 0 Å². The first-order valence-electron chi connectivity index (χ1n) is 5.04. The van der Waals surface area contributed by atoms with E-state index in [9.17, 15) is 4.79 Å². The van der Waals surface area contributed by atoms with Gasteiger partial charge in [-0.25, -0.2) is 0 Å². The van der Waals surface area contributed by atoms with Gasteiger partial charge in [0, 0.05) is 9.75 Å². The fourth-order valence-corrected chi connectivity index (χ4v) is 2.29. The third kappa shape index (κ3) is 3.28. The second-order valence-electron chi connectivity index (χ2n) is 3.79. The number of amides is 1. The van der Waals surface area contributed by atoms with Gasteiger partial charge in [0.25, 0.3) is 0 Å². The lowest BCUT2D eigenvalue weighted by Crippen LogP contribution is -2.35. The van der Waals surface area contributed by atoms with Crippen LogP contribution in [-0.2, 0) is 11.3 Å². The minimum absolute atomic E-state index is 0.115. The highest BCUT2D eigenvalue weighted by atomic mass is 32.1. The number of aryl methyl sites for hydroxylation is 2. The molecule has 1 heterocycles. The van der Waals surface area contributed by atoms with Crippen molar-refractivity contribution >= 4 is 34.5 Å². The number of nitrogens with two attached hydrogens (primary N) is 1. The van der Waals surface area contributed by atoms with E-state index in [4.69, 9.17) is 18.0 Å². The monoisotopic (exact) mass is 256 g/mol. The summed E-state index contributed by atoms with van der Waals surface area (Å²) in [4.78, 5) is 14.2. The average Bonchev–Trinajstić information content (AvgIpc) is 2.53. The predicted molar refractivity (Wildman–Crippen MR) is 71.6 cm³/mol. The van der Waals surface area contributed by atoms with Gasteiger partial charge in [0.15, 0.2) is 0 Å². The highest BCUT2D eigenvalue weighted by Crippen LogP contribution is 2.20. The number of nitrogens with one attached hydrogen (secondary N) is 1. The van der Waals surface area contributed by atoms with Crippen molar-refractivity contribution < 1.29 is 4.79 Å². The zero-order chi connectivity index (χ0) is 12.3. The minimum atomic E-state index is -0.405. The Labute approximate surface area is 105 Å². The highest BCUT2D eigenvalue weighted by Gasteiger charge is 2.15. The molecular formula is C11H16N2OS2. The van der Waals surface area contributed by atoms with Crippen LogP contribution in [0.1, 0.15) is 22.2 Å². The van der Waals surface area contributed by atoms with Gasteiger partial charge in [0.2, 0.25) is 5.91 Å². The van der Waals surface area contributed by atoms with Crippen LogP contribution in [0.25, 0.3) is 0 Å². The normalized spacial score (nSPS) is 12.2. The molecule has 0 saturated heterocycles. The largest absolute Gasteiger partial charge is 0.393 e. The Hall–Kier alpha value is -0.940. The fraction of sp³-hybridized carbons (Fsp3) is 0.455. The molecule has 3 nitrogen and oxygen atoms in total. The molecular weight excluding hydrogens is 240 g/mol. The summed E-state index contributed by atoms with van der Waals surface area (Å²) in [5.41, 5.74) is 6.67. The maximum absolute atomic E-state index is 11.6. The molecule has 0 aliphatic rings. The number of hydrogen-bond acceptors (Lipinski definition) is 3. The predicted octanol–water partition coefficient (Wildman–Crippen LogP) is 1.90. The van der Waals surface area contributed by atoms with E-state index in [2.05, 4.69) is 25.2 Å². The SMILES string of the molecule is Cc1cc(CNC(=O)C(C)C(N)=S)sc1C. The molecule has 88 valence electrons. The molecule has 1 aromatic heterocycles. The van der Waals surface area contributed by atoms with E-state index in [0.29, 0.717) is 6.54 Å². The lowest BCUT2D eigenvalue weighted by molar-refractivity contribution is -0.122. The van der Waals surface area contributed by atoms with Crippen molar-refractivity contribution in [3.8, 4) is 0 Å². The molecule has 0 aliphatic carbocycles. The lowest BCUT2D eigenvalue weighted by atomic mass is 10.1. The maximum atomic E-state index is 11.6. The number of rotatable bonds is 4. The Bertz CT molecular complexity index is 393. The Kier molecular flexibility index (Phi) is 4.44. The third-order valence-electron chi connectivity index (χ3n) is 2.47. The first kappa shape index (κ1) is 13.1. The molecule has 0 spiro atoms. The average molecular weight is 256 g/mol. The van der Waals surface area contributed by atoms with Crippen LogP contribution in [0.15, 0.2) is 6.07 Å². The van der Waals surface area contributed by atoms with E-state index < -0.39 is 5.92 Å². The summed E-state index contributed by atoms with van der Waals surface area (Å²) < 4.78 is 0. The Morgan fingerprint density at radius 1 is 1.62 bits per heavy atom. The zero-order valence-corrected chi connectivity index (χ0v) is 11.3. The summed E-state index contributed by atoms with van der Waals surface area (Å²) in [5.74, 6) is -0.520. The molecule has 3 N–H and O–H groups in total. The van der Waals surface area contributed by atoms with E-state index in [1.165, 1.54) is 10.4 Å². The van der Waals surface area contributed by atoms with Gasteiger partial charge in [0.1, 0.15) is 0 Å². The van der Waals surface area contributed by atoms with Crippen LogP contribution in [0, 0.1) is 19.8 Å². The van der Waals surface area contributed by atoms with Gasteiger partial charge in [-0.05, 0) is 32.4 Å². The molecule has 0 fully saturated rings. The molecule has 1 rings (SSSR count). The van der Waals surface area contributed by atoms with Crippen molar-refractivity contribution in [1.29, 1.82) is 0 Å². The third-order valence-corrected chi connectivity index (χ3v) is 3.98. The van der Waals surface area contributed by atoms with Crippen LogP contribution in [-0.4, -0.2) is 10.9 Å². The smallest absolute Gasteiger partial charge is 0.229 e. The number of carbonyl (C=O) groups excluding carboxylic acids is 1. The van der Waals surface area contributed by atoms with Crippen molar-refractivity contribution in [2.45, 2.75) is 27.3 Å². The van der Waals surface area contributed by atoms with Gasteiger partial charge in [-0.1, -0.05) is 12.2 Å². The Morgan fingerprint density at radius 3 is 2.69 bits per heavy atom. The van der Waals surface area contributed by atoms with Crippen LogP contribution in [0.4, 0.5) is 0 Å². The molecule has 1 atom stereocenters. The number of carbonyl (C=O) groups is 1. The van der Waals surface area contributed by atoms with E-state index in [-0.39, 0.29) is 10.9 Å². The molecule has 0 bridgehead atoms.